The molecule has 0 N–H and O–H groups in total. The summed E-state index contributed by atoms with van der Waals surface area (Å²) < 4.78 is 6.04. The summed E-state index contributed by atoms with van der Waals surface area (Å²) in [6.07, 6.45) is 18.3. The average Bonchev–Trinajstić information content (AvgIpc) is 3.53. The van der Waals surface area contributed by atoms with Gasteiger partial charge in [0.15, 0.2) is 0 Å². The van der Waals surface area contributed by atoms with E-state index in [-0.39, 0.29) is 20.5 Å². The number of rotatable bonds is 9. The Hall–Kier alpha value is -0.440. The van der Waals surface area contributed by atoms with Crippen molar-refractivity contribution < 1.29 is 25.6 Å². The fourth-order valence-electron chi connectivity index (χ4n) is 10.3. The number of fused-ring (bicyclic) bond motifs is 6. The predicted octanol–water partition coefficient (Wildman–Crippen LogP) is 13.4. The van der Waals surface area contributed by atoms with E-state index in [9.17, 15) is 0 Å². The zero-order valence-electron chi connectivity index (χ0n) is 29.9. The van der Waals surface area contributed by atoms with E-state index in [4.69, 9.17) is 21.8 Å². The first-order chi connectivity index (χ1) is 21.1. The van der Waals surface area contributed by atoms with Gasteiger partial charge in [0.05, 0.1) is 13.7 Å². The molecule has 0 radical (unpaired) electrons. The zero-order chi connectivity index (χ0) is 31.5. The van der Waals surface area contributed by atoms with Gasteiger partial charge in [0.1, 0.15) is 0 Å². The van der Waals surface area contributed by atoms with Crippen LogP contribution in [0.1, 0.15) is 107 Å². The van der Waals surface area contributed by atoms with E-state index in [2.05, 4.69) is 114 Å². The van der Waals surface area contributed by atoms with Crippen LogP contribution in [0.3, 0.4) is 0 Å². The van der Waals surface area contributed by atoms with Crippen molar-refractivity contribution in [1.29, 1.82) is 0 Å². The third kappa shape index (κ3) is 8.64. The van der Waals surface area contributed by atoms with Gasteiger partial charge in [-0.1, -0.05) is 119 Å². The van der Waals surface area contributed by atoms with Crippen LogP contribution in [0, 0.1) is 38.5 Å². The summed E-state index contributed by atoms with van der Waals surface area (Å²) in [5, 5.41) is 0. The molecular weight excluding hydrogens is 699 g/mol. The molecule has 2 aromatic rings. The van der Waals surface area contributed by atoms with Gasteiger partial charge in [0.25, 0.3) is 0 Å². The number of halogens is 2. The van der Waals surface area contributed by atoms with Crippen LogP contribution < -0.4 is 0 Å². The quantitative estimate of drug-likeness (QED) is 0.141. The van der Waals surface area contributed by atoms with Crippen molar-refractivity contribution in [3.05, 3.63) is 97.8 Å². The number of unbranched alkanes of at least 4 members (excludes halogenated alkanes) is 3. The molecule has 0 saturated heterocycles. The average molecular weight is 759 g/mol. The predicted molar refractivity (Wildman–Crippen MR) is 204 cm³/mol. The summed E-state index contributed by atoms with van der Waals surface area (Å²) in [6.45, 7) is 15.6. The van der Waals surface area contributed by atoms with Gasteiger partial charge in [0.2, 0.25) is 0 Å². The van der Waals surface area contributed by atoms with Gasteiger partial charge in [-0.2, -0.15) is 0 Å². The molecule has 0 heterocycles. The Balaban J connectivity index is 0.00000111. The number of benzene rings is 2. The van der Waals surface area contributed by atoms with E-state index in [1.165, 1.54) is 55.7 Å². The Bertz CT molecular complexity index is 1220. The summed E-state index contributed by atoms with van der Waals surface area (Å²) in [4.78, 5) is 0. The molecular formula is C41H60Cl2OSiZr. The molecule has 2 saturated carbocycles. The summed E-state index contributed by atoms with van der Waals surface area (Å²) in [5.74, 6) is 4.50. The van der Waals surface area contributed by atoms with Gasteiger partial charge in [-0.05, 0) is 109 Å². The number of allylic oxidation sites excluding steroid dienone is 2. The van der Waals surface area contributed by atoms with Crippen LogP contribution in [0.15, 0.2) is 60.7 Å². The molecule has 0 aromatic heterocycles. The van der Waals surface area contributed by atoms with E-state index in [0.717, 1.165) is 41.4 Å². The minimum atomic E-state index is -1.70. The minimum absolute atomic E-state index is 0. The molecule has 2 fully saturated rings. The van der Waals surface area contributed by atoms with Crippen LogP contribution in [-0.2, 0) is 25.6 Å². The molecule has 0 amide bonds. The molecule has 0 spiro atoms. The summed E-state index contributed by atoms with van der Waals surface area (Å²) in [7, 11) is 8.17. The van der Waals surface area contributed by atoms with Gasteiger partial charge >= 0.3 is 37.9 Å². The van der Waals surface area contributed by atoms with Crippen molar-refractivity contribution in [1.82, 2.24) is 0 Å². The van der Waals surface area contributed by atoms with E-state index < -0.39 is 28.9 Å². The first-order valence-corrected chi connectivity index (χ1v) is 26.4. The van der Waals surface area contributed by atoms with Crippen molar-refractivity contribution >= 4 is 37.3 Å². The summed E-state index contributed by atoms with van der Waals surface area (Å²) in [6, 6.07) is 20.1. The standard InChI is InChI=1S/C39H54OSi.2CH3.2ClH.Zr/c1-27-25-35-31-17-11-9-15-29(31)19-21-33(35)37(27)41(6,24-14-8-7-13-23-40-39(3,4)5)38-28(2)26-36-32-18-12-10-16-30(32)20-22-34(36)38;;;;;/h9-12,15-22,27-28,33-38H,7-8,13-14,23-26H2,1-6H3;2*1H3;2*1H;/q;2*-1;;;+4/p-2. The number of hydrogen-bond acceptors (Lipinski definition) is 1. The van der Waals surface area contributed by atoms with Gasteiger partial charge in [-0.25, -0.2) is 0 Å². The van der Waals surface area contributed by atoms with Gasteiger partial charge < -0.3 is 19.6 Å². The van der Waals surface area contributed by atoms with Crippen LogP contribution in [0.5, 0.6) is 0 Å². The Morgan fingerprint density at radius 3 is 1.63 bits per heavy atom. The van der Waals surface area contributed by atoms with Crippen molar-refractivity contribution in [2.24, 2.45) is 23.7 Å². The SMILES string of the molecule is CC1CC2c3ccccc3C=CC2C1[Si](C)(CCCCCCOC(C)(C)C)C1C(C)CC2c3ccccc3C=CC21.[CH3-].[CH3-].[Cl][Zr+2][Cl]. The van der Waals surface area contributed by atoms with E-state index in [1.807, 2.05) is 0 Å². The Kier molecular flexibility index (Phi) is 15.2. The molecule has 5 heteroatoms. The first kappa shape index (κ1) is 40.0. The maximum atomic E-state index is 6.04. The molecule has 252 valence electrons. The second-order valence-corrected chi connectivity index (χ2v) is 24.1. The van der Waals surface area contributed by atoms with Crippen LogP contribution in [0.2, 0.25) is 23.7 Å². The Labute approximate surface area is 303 Å². The molecule has 2 aromatic carbocycles. The second kappa shape index (κ2) is 17.5. The van der Waals surface area contributed by atoms with Gasteiger partial charge in [0, 0.05) is 6.61 Å². The topological polar surface area (TPSA) is 9.23 Å². The molecule has 6 rings (SSSR count). The van der Waals surface area contributed by atoms with Crippen LogP contribution >= 0.6 is 17.0 Å². The van der Waals surface area contributed by atoms with Crippen molar-refractivity contribution in [2.45, 2.75) is 114 Å². The molecule has 4 aliphatic rings. The third-order valence-electron chi connectivity index (χ3n) is 11.7. The fourth-order valence-corrected chi connectivity index (χ4v) is 17.8. The Morgan fingerprint density at radius 2 is 1.17 bits per heavy atom. The van der Waals surface area contributed by atoms with Gasteiger partial charge in [-0.3, -0.25) is 0 Å². The molecule has 0 aliphatic heterocycles. The van der Waals surface area contributed by atoms with Crippen molar-refractivity contribution in [3.63, 3.8) is 0 Å². The van der Waals surface area contributed by atoms with E-state index >= 15 is 0 Å². The maximum absolute atomic E-state index is 6.04. The summed E-state index contributed by atoms with van der Waals surface area (Å²) >= 11 is -0.826. The first-order valence-electron chi connectivity index (χ1n) is 17.2. The fraction of sp³-hybridized carbons (Fsp3) is 0.561. The van der Waals surface area contributed by atoms with Crippen LogP contribution in [0.25, 0.3) is 12.2 Å². The number of hydrogen-bond donors (Lipinski definition) is 0. The molecule has 46 heavy (non-hydrogen) atoms. The Morgan fingerprint density at radius 1 is 0.739 bits per heavy atom. The van der Waals surface area contributed by atoms with E-state index in [1.54, 1.807) is 11.1 Å². The zero-order valence-corrected chi connectivity index (χ0v) is 34.8. The number of ether oxygens (including phenoxy) is 1. The molecule has 8 unspecified atom stereocenters. The molecule has 8 atom stereocenters. The third-order valence-corrected chi connectivity index (χ3v) is 18.1. The normalized spacial score (nSPS) is 29.7. The monoisotopic (exact) mass is 756 g/mol. The van der Waals surface area contributed by atoms with Crippen molar-refractivity contribution in [3.8, 4) is 0 Å². The van der Waals surface area contributed by atoms with Gasteiger partial charge in [-0.15, -0.1) is 0 Å². The summed E-state index contributed by atoms with van der Waals surface area (Å²) in [5.41, 5.74) is 7.94. The van der Waals surface area contributed by atoms with Crippen molar-refractivity contribution in [2.75, 3.05) is 6.61 Å². The molecule has 0 bridgehead atoms. The molecule has 4 aliphatic carbocycles. The second-order valence-electron chi connectivity index (χ2n) is 15.5. The van der Waals surface area contributed by atoms with Crippen LogP contribution in [-0.4, -0.2) is 20.3 Å². The molecule has 1 nitrogen and oxygen atoms in total. The van der Waals surface area contributed by atoms with Crippen LogP contribution in [0.4, 0.5) is 0 Å². The van der Waals surface area contributed by atoms with E-state index in [0.29, 0.717) is 11.8 Å².